The van der Waals surface area contributed by atoms with E-state index in [1.165, 1.54) is 0 Å². The second-order valence-corrected chi connectivity index (χ2v) is 6.61. The molecule has 0 radical (unpaired) electrons. The van der Waals surface area contributed by atoms with Gasteiger partial charge in [0.25, 0.3) is 0 Å². The summed E-state index contributed by atoms with van der Waals surface area (Å²) >= 11 is 0. The van der Waals surface area contributed by atoms with Crippen LogP contribution in [-0.4, -0.2) is 30.1 Å². The normalized spacial score (nSPS) is 13.9. The number of rotatable bonds is 4. The zero-order valence-electron chi connectivity index (χ0n) is 15.7. The summed E-state index contributed by atoms with van der Waals surface area (Å²) in [5, 5.41) is 6.62. The van der Waals surface area contributed by atoms with Crippen LogP contribution >= 0.6 is 0 Å². The molecule has 0 unspecified atom stereocenters. The minimum Gasteiger partial charge on any atom is -0.361 e. The van der Waals surface area contributed by atoms with Crippen molar-refractivity contribution in [2.45, 2.75) is 39.5 Å². The fourth-order valence-electron chi connectivity index (χ4n) is 3.07. The Morgan fingerprint density at radius 3 is 2.70 bits per heavy atom. The Morgan fingerprint density at radius 1 is 1.26 bits per heavy atom. The van der Waals surface area contributed by atoms with Crippen molar-refractivity contribution in [3.05, 3.63) is 46.8 Å². The topological polar surface area (TPSA) is 75.4 Å². The Balaban J connectivity index is 1.50. The maximum absolute atomic E-state index is 12.0. The molecule has 0 saturated carbocycles. The molecular weight excluding hydrogens is 342 g/mol. The van der Waals surface area contributed by atoms with Gasteiger partial charge in [-0.1, -0.05) is 17.0 Å². The van der Waals surface area contributed by atoms with Gasteiger partial charge in [-0.3, -0.25) is 9.59 Å². The molecule has 1 aromatic heterocycles. The second kappa shape index (κ2) is 8.54. The number of hydrogen-bond acceptors (Lipinski definition) is 4. The Labute approximate surface area is 158 Å². The van der Waals surface area contributed by atoms with Crippen LogP contribution in [0.2, 0.25) is 0 Å². The largest absolute Gasteiger partial charge is 0.361 e. The highest BCUT2D eigenvalue weighted by Crippen LogP contribution is 2.21. The molecule has 1 saturated heterocycles. The lowest BCUT2D eigenvalue weighted by Gasteiger charge is -2.26. The minimum absolute atomic E-state index is 0.113. The average molecular weight is 365 g/mol. The predicted molar refractivity (Wildman–Crippen MR) is 102 cm³/mol. The molecule has 27 heavy (non-hydrogen) atoms. The maximum Gasteiger partial charge on any atom is 0.226 e. The number of amides is 2. The number of benzene rings is 1. The molecule has 6 nitrogen and oxygen atoms in total. The molecule has 6 heteroatoms. The van der Waals surface area contributed by atoms with Gasteiger partial charge in [-0.15, -0.1) is 0 Å². The highest BCUT2D eigenvalue weighted by atomic mass is 16.5. The van der Waals surface area contributed by atoms with Crippen LogP contribution < -0.4 is 10.2 Å². The number of piperidine rings is 1. The number of carbonyl (C=O) groups is 2. The van der Waals surface area contributed by atoms with Gasteiger partial charge in [-0.25, -0.2) is 0 Å². The number of nitrogens with one attached hydrogen (secondary N) is 1. The standard InChI is InChI=1S/C21H23N3O3/c1-15-19(16(2)27-23-15)14-20(25)22-12-5-6-17-8-10-18(11-9-17)24-13-4-3-7-21(24)26/h8-11H,3-4,7,12-14H2,1-2H3,(H,22,25). The quantitative estimate of drug-likeness (QED) is 0.845. The van der Waals surface area contributed by atoms with Gasteiger partial charge in [0.2, 0.25) is 11.8 Å². The third-order valence-electron chi connectivity index (χ3n) is 4.63. The smallest absolute Gasteiger partial charge is 0.226 e. The van der Waals surface area contributed by atoms with Crippen LogP contribution in [0.15, 0.2) is 28.8 Å². The molecule has 1 fully saturated rings. The molecular formula is C21H23N3O3. The Kier molecular flexibility index (Phi) is 5.92. The van der Waals surface area contributed by atoms with Gasteiger partial charge < -0.3 is 14.7 Å². The number of hydrogen-bond donors (Lipinski definition) is 1. The van der Waals surface area contributed by atoms with Crippen molar-refractivity contribution in [2.24, 2.45) is 0 Å². The molecule has 2 amide bonds. The number of carbonyl (C=O) groups excluding carboxylic acids is 2. The van der Waals surface area contributed by atoms with Crippen molar-refractivity contribution in [2.75, 3.05) is 18.0 Å². The SMILES string of the molecule is Cc1noc(C)c1CC(=O)NCC#Cc1ccc(N2CCCCC2=O)cc1. The molecule has 140 valence electrons. The number of aromatic nitrogens is 1. The van der Waals surface area contributed by atoms with E-state index in [9.17, 15) is 9.59 Å². The molecule has 1 aromatic carbocycles. The summed E-state index contributed by atoms with van der Waals surface area (Å²) in [6.07, 6.45) is 2.87. The Morgan fingerprint density at radius 2 is 2.04 bits per heavy atom. The van der Waals surface area contributed by atoms with E-state index in [4.69, 9.17) is 4.52 Å². The second-order valence-electron chi connectivity index (χ2n) is 6.61. The molecule has 2 aromatic rings. The van der Waals surface area contributed by atoms with Gasteiger partial charge in [-0.05, 0) is 51.0 Å². The summed E-state index contributed by atoms with van der Waals surface area (Å²) in [6, 6.07) is 7.64. The molecule has 2 heterocycles. The van der Waals surface area contributed by atoms with Crippen LogP contribution in [-0.2, 0) is 16.0 Å². The molecule has 1 N–H and O–H groups in total. The van der Waals surface area contributed by atoms with Crippen LogP contribution in [0.5, 0.6) is 0 Å². The fraction of sp³-hybridized carbons (Fsp3) is 0.381. The van der Waals surface area contributed by atoms with Crippen LogP contribution in [0, 0.1) is 25.7 Å². The van der Waals surface area contributed by atoms with Gasteiger partial charge >= 0.3 is 0 Å². The van der Waals surface area contributed by atoms with Crippen molar-refractivity contribution in [1.29, 1.82) is 0 Å². The number of anilines is 1. The highest BCUT2D eigenvalue weighted by molar-refractivity contribution is 5.94. The van der Waals surface area contributed by atoms with E-state index in [0.29, 0.717) is 12.2 Å². The third kappa shape index (κ3) is 4.76. The summed E-state index contributed by atoms with van der Waals surface area (Å²) in [5.41, 5.74) is 3.32. The summed E-state index contributed by atoms with van der Waals surface area (Å²) in [6.45, 7) is 4.67. The molecule has 3 rings (SSSR count). The predicted octanol–water partition coefficient (Wildman–Crippen LogP) is 2.52. The lowest BCUT2D eigenvalue weighted by atomic mass is 10.1. The van der Waals surface area contributed by atoms with E-state index in [1.54, 1.807) is 6.92 Å². The molecule has 0 atom stereocenters. The summed E-state index contributed by atoms with van der Waals surface area (Å²) in [5.74, 6) is 6.71. The van der Waals surface area contributed by atoms with E-state index in [2.05, 4.69) is 22.3 Å². The first-order chi connectivity index (χ1) is 13.0. The van der Waals surface area contributed by atoms with Gasteiger partial charge in [-0.2, -0.15) is 0 Å². The third-order valence-corrected chi connectivity index (χ3v) is 4.63. The molecule has 0 bridgehead atoms. The summed E-state index contributed by atoms with van der Waals surface area (Å²) in [7, 11) is 0. The monoisotopic (exact) mass is 365 g/mol. The molecule has 1 aliphatic rings. The lowest BCUT2D eigenvalue weighted by Crippen LogP contribution is -2.35. The summed E-state index contributed by atoms with van der Waals surface area (Å²) in [4.78, 5) is 25.8. The van der Waals surface area contributed by atoms with Crippen LogP contribution in [0.3, 0.4) is 0 Å². The van der Waals surface area contributed by atoms with Crippen LogP contribution in [0.1, 0.15) is 41.8 Å². The average Bonchev–Trinajstić information content (AvgIpc) is 2.98. The Hall–Kier alpha value is -3.07. The van der Waals surface area contributed by atoms with Crippen molar-refractivity contribution < 1.29 is 14.1 Å². The maximum atomic E-state index is 12.0. The van der Waals surface area contributed by atoms with Gasteiger partial charge in [0.05, 0.1) is 18.7 Å². The van der Waals surface area contributed by atoms with E-state index >= 15 is 0 Å². The number of nitrogens with zero attached hydrogens (tertiary/aromatic N) is 2. The first kappa shape index (κ1) is 18.7. The van der Waals surface area contributed by atoms with Gasteiger partial charge in [0, 0.05) is 29.8 Å². The van der Waals surface area contributed by atoms with Crippen molar-refractivity contribution >= 4 is 17.5 Å². The Bertz CT molecular complexity index is 868. The zero-order valence-corrected chi connectivity index (χ0v) is 15.7. The molecule has 0 spiro atoms. The van der Waals surface area contributed by atoms with Crippen molar-refractivity contribution in [1.82, 2.24) is 10.5 Å². The number of aryl methyl sites for hydroxylation is 2. The van der Waals surface area contributed by atoms with Crippen molar-refractivity contribution in [3.63, 3.8) is 0 Å². The lowest BCUT2D eigenvalue weighted by molar-refractivity contribution is -0.120. The van der Waals surface area contributed by atoms with E-state index in [0.717, 1.165) is 41.9 Å². The van der Waals surface area contributed by atoms with E-state index in [-0.39, 0.29) is 24.8 Å². The van der Waals surface area contributed by atoms with E-state index in [1.807, 2.05) is 36.1 Å². The highest BCUT2D eigenvalue weighted by Gasteiger charge is 2.19. The first-order valence-corrected chi connectivity index (χ1v) is 9.12. The molecule has 0 aliphatic carbocycles. The van der Waals surface area contributed by atoms with E-state index < -0.39 is 0 Å². The van der Waals surface area contributed by atoms with Gasteiger partial charge in [0.15, 0.2) is 0 Å². The fourth-order valence-corrected chi connectivity index (χ4v) is 3.07. The molecule has 1 aliphatic heterocycles. The van der Waals surface area contributed by atoms with Crippen LogP contribution in [0.4, 0.5) is 5.69 Å². The summed E-state index contributed by atoms with van der Waals surface area (Å²) < 4.78 is 5.06. The van der Waals surface area contributed by atoms with Crippen LogP contribution in [0.25, 0.3) is 0 Å². The van der Waals surface area contributed by atoms with Gasteiger partial charge in [0.1, 0.15) is 5.76 Å². The minimum atomic E-state index is -0.113. The van der Waals surface area contributed by atoms with Crippen molar-refractivity contribution in [3.8, 4) is 11.8 Å². The first-order valence-electron chi connectivity index (χ1n) is 9.12. The zero-order chi connectivity index (χ0) is 19.2.